The normalized spacial score (nSPS) is 19.1. The zero-order chi connectivity index (χ0) is 11.4. The molecule has 0 spiro atoms. The van der Waals surface area contributed by atoms with Crippen molar-refractivity contribution in [2.24, 2.45) is 0 Å². The Morgan fingerprint density at radius 3 is 2.81 bits per heavy atom. The quantitative estimate of drug-likeness (QED) is 0.859. The molecule has 0 radical (unpaired) electrons. The molecule has 1 aliphatic rings. The average molecular weight is 241 g/mol. The van der Waals surface area contributed by atoms with Crippen LogP contribution in [-0.4, -0.2) is 26.0 Å². The molecule has 16 heavy (non-hydrogen) atoms. The summed E-state index contributed by atoms with van der Waals surface area (Å²) in [7, 11) is 0. The Hall–Kier alpha value is -0.420. The Morgan fingerprint density at radius 2 is 2.25 bits per heavy atom. The van der Waals surface area contributed by atoms with Gasteiger partial charge < -0.3 is 14.8 Å². The monoisotopic (exact) mass is 241 g/mol. The molecule has 90 valence electrons. The third-order valence-corrected chi connectivity index (χ3v) is 3.71. The first-order valence-corrected chi connectivity index (χ1v) is 6.69. The topological polar surface area (TPSA) is 30.5 Å². The molecule has 0 amide bonds. The van der Waals surface area contributed by atoms with E-state index in [1.54, 1.807) is 11.3 Å². The molecule has 0 aliphatic carbocycles. The first kappa shape index (κ1) is 12.0. The van der Waals surface area contributed by atoms with Crippen molar-refractivity contribution in [3.05, 3.63) is 21.9 Å². The lowest BCUT2D eigenvalue weighted by Crippen LogP contribution is -2.26. The molecule has 1 saturated heterocycles. The van der Waals surface area contributed by atoms with Gasteiger partial charge in [-0.25, -0.2) is 0 Å². The number of rotatable bonds is 5. The number of aryl methyl sites for hydroxylation is 1. The Bertz CT molecular complexity index is 321. The maximum atomic E-state index is 5.51. The summed E-state index contributed by atoms with van der Waals surface area (Å²) in [5.74, 6) is 0. The van der Waals surface area contributed by atoms with Gasteiger partial charge in [-0.1, -0.05) is 6.92 Å². The lowest BCUT2D eigenvalue weighted by Gasteiger charge is -2.20. The van der Waals surface area contributed by atoms with Gasteiger partial charge >= 0.3 is 0 Å². The van der Waals surface area contributed by atoms with Crippen molar-refractivity contribution >= 4 is 11.3 Å². The number of nitrogens with one attached hydrogen (secondary N) is 1. The maximum Gasteiger partial charge on any atom is 0.159 e. The molecule has 1 aromatic heterocycles. The summed E-state index contributed by atoms with van der Waals surface area (Å²) in [6.07, 6.45) is 0.856. The molecule has 3 nitrogen and oxygen atoms in total. The molecule has 0 saturated carbocycles. The van der Waals surface area contributed by atoms with E-state index in [-0.39, 0.29) is 6.29 Å². The van der Waals surface area contributed by atoms with Gasteiger partial charge in [0.1, 0.15) is 0 Å². The Balaban J connectivity index is 2.01. The summed E-state index contributed by atoms with van der Waals surface area (Å²) in [4.78, 5) is 1.38. The third-order valence-electron chi connectivity index (χ3n) is 2.84. The minimum atomic E-state index is -0.0386. The highest BCUT2D eigenvalue weighted by molar-refractivity contribution is 7.10. The Morgan fingerprint density at radius 1 is 1.50 bits per heavy atom. The van der Waals surface area contributed by atoms with Gasteiger partial charge in [0.05, 0.1) is 13.2 Å². The lowest BCUT2D eigenvalue weighted by molar-refractivity contribution is -0.0529. The van der Waals surface area contributed by atoms with E-state index in [9.17, 15) is 0 Å². The smallest absolute Gasteiger partial charge is 0.159 e. The van der Waals surface area contributed by atoms with Crippen LogP contribution in [0.4, 0.5) is 0 Å². The number of hydrogen-bond acceptors (Lipinski definition) is 4. The first-order valence-electron chi connectivity index (χ1n) is 5.82. The second kappa shape index (κ2) is 5.77. The third kappa shape index (κ3) is 2.83. The number of hydrogen-bond donors (Lipinski definition) is 1. The van der Waals surface area contributed by atoms with Crippen LogP contribution in [0.15, 0.2) is 11.4 Å². The minimum absolute atomic E-state index is 0.0386. The molecule has 1 aliphatic heterocycles. The highest BCUT2D eigenvalue weighted by Crippen LogP contribution is 2.27. The van der Waals surface area contributed by atoms with E-state index >= 15 is 0 Å². The van der Waals surface area contributed by atoms with Gasteiger partial charge in [0, 0.05) is 17.3 Å². The van der Waals surface area contributed by atoms with Crippen molar-refractivity contribution in [3.63, 3.8) is 0 Å². The van der Waals surface area contributed by atoms with E-state index in [0.29, 0.717) is 6.04 Å². The Labute approximate surface area is 101 Å². The predicted molar refractivity (Wildman–Crippen MR) is 65.8 cm³/mol. The fourth-order valence-corrected chi connectivity index (χ4v) is 2.82. The van der Waals surface area contributed by atoms with Crippen LogP contribution in [0, 0.1) is 6.92 Å². The fourth-order valence-electron chi connectivity index (χ4n) is 2.06. The van der Waals surface area contributed by atoms with Crippen LogP contribution in [0.5, 0.6) is 0 Å². The van der Waals surface area contributed by atoms with Crippen molar-refractivity contribution in [2.45, 2.75) is 32.6 Å². The van der Waals surface area contributed by atoms with Crippen LogP contribution < -0.4 is 5.32 Å². The zero-order valence-corrected chi connectivity index (χ0v) is 10.7. The zero-order valence-electron chi connectivity index (χ0n) is 9.86. The molecular formula is C12H19NO2S. The van der Waals surface area contributed by atoms with Crippen LogP contribution in [0.3, 0.4) is 0 Å². The van der Waals surface area contributed by atoms with Crippen molar-refractivity contribution in [1.29, 1.82) is 0 Å². The van der Waals surface area contributed by atoms with Crippen molar-refractivity contribution in [3.8, 4) is 0 Å². The largest absolute Gasteiger partial charge is 0.350 e. The number of ether oxygens (including phenoxy) is 2. The van der Waals surface area contributed by atoms with Crippen LogP contribution >= 0.6 is 11.3 Å². The molecular weight excluding hydrogens is 222 g/mol. The minimum Gasteiger partial charge on any atom is -0.350 e. The molecule has 4 heteroatoms. The van der Waals surface area contributed by atoms with Crippen LogP contribution in [0.2, 0.25) is 0 Å². The van der Waals surface area contributed by atoms with Gasteiger partial charge in [-0.05, 0) is 30.5 Å². The summed E-state index contributed by atoms with van der Waals surface area (Å²) < 4.78 is 11.0. The number of thiophene rings is 1. The summed E-state index contributed by atoms with van der Waals surface area (Å²) in [6, 6.07) is 2.54. The van der Waals surface area contributed by atoms with E-state index < -0.39 is 0 Å². The van der Waals surface area contributed by atoms with Crippen molar-refractivity contribution < 1.29 is 9.47 Å². The van der Waals surface area contributed by atoms with E-state index in [0.717, 1.165) is 26.2 Å². The van der Waals surface area contributed by atoms with Gasteiger partial charge in [-0.3, -0.25) is 0 Å². The van der Waals surface area contributed by atoms with Crippen molar-refractivity contribution in [2.75, 3.05) is 19.8 Å². The van der Waals surface area contributed by atoms with Gasteiger partial charge in [0.25, 0.3) is 0 Å². The highest BCUT2D eigenvalue weighted by Gasteiger charge is 2.23. The average Bonchev–Trinajstić information content (AvgIpc) is 2.88. The Kier molecular flexibility index (Phi) is 4.35. The lowest BCUT2D eigenvalue weighted by atomic mass is 10.0. The second-order valence-corrected chi connectivity index (χ2v) is 5.07. The standard InChI is InChI=1S/C12H19NO2S/c1-3-13-11(8-12-14-5-6-15-12)10-4-7-16-9(10)2/h4,7,11-13H,3,5-6,8H2,1-2H3. The molecule has 1 N–H and O–H groups in total. The molecule has 1 aromatic rings. The van der Waals surface area contributed by atoms with E-state index in [2.05, 4.69) is 30.6 Å². The molecule has 2 heterocycles. The van der Waals surface area contributed by atoms with Crippen LogP contribution in [0.1, 0.15) is 29.8 Å². The maximum absolute atomic E-state index is 5.51. The predicted octanol–water partition coefficient (Wildman–Crippen LogP) is 2.47. The van der Waals surface area contributed by atoms with E-state index in [1.807, 2.05) is 0 Å². The molecule has 1 fully saturated rings. The van der Waals surface area contributed by atoms with Gasteiger partial charge in [0.15, 0.2) is 6.29 Å². The van der Waals surface area contributed by atoms with Crippen LogP contribution in [-0.2, 0) is 9.47 Å². The van der Waals surface area contributed by atoms with Gasteiger partial charge in [-0.2, -0.15) is 0 Å². The second-order valence-electron chi connectivity index (χ2n) is 3.95. The summed E-state index contributed by atoms with van der Waals surface area (Å²) in [6.45, 7) is 6.72. The van der Waals surface area contributed by atoms with E-state index in [1.165, 1.54) is 10.4 Å². The highest BCUT2D eigenvalue weighted by atomic mass is 32.1. The molecule has 0 aromatic carbocycles. The molecule has 1 unspecified atom stereocenters. The summed E-state index contributed by atoms with van der Waals surface area (Å²) in [5.41, 5.74) is 1.38. The van der Waals surface area contributed by atoms with Gasteiger partial charge in [0.2, 0.25) is 0 Å². The summed E-state index contributed by atoms with van der Waals surface area (Å²) >= 11 is 1.79. The molecule has 0 bridgehead atoms. The van der Waals surface area contributed by atoms with Crippen LogP contribution in [0.25, 0.3) is 0 Å². The van der Waals surface area contributed by atoms with E-state index in [4.69, 9.17) is 9.47 Å². The van der Waals surface area contributed by atoms with Crippen molar-refractivity contribution in [1.82, 2.24) is 5.32 Å². The first-order chi connectivity index (χ1) is 7.81. The molecule has 2 rings (SSSR count). The van der Waals surface area contributed by atoms with Gasteiger partial charge in [-0.15, -0.1) is 11.3 Å². The molecule has 1 atom stereocenters. The fraction of sp³-hybridized carbons (Fsp3) is 0.667. The SMILES string of the molecule is CCNC(CC1OCCO1)c1ccsc1C. The summed E-state index contributed by atoms with van der Waals surface area (Å²) in [5, 5.41) is 5.64.